The molecule has 1 saturated heterocycles. The fourth-order valence-electron chi connectivity index (χ4n) is 3.78. The fourth-order valence-corrected chi connectivity index (χ4v) is 5.00. The maximum absolute atomic E-state index is 11.2. The lowest BCUT2D eigenvalue weighted by atomic mass is 9.73. The summed E-state index contributed by atoms with van der Waals surface area (Å²) in [5.41, 5.74) is 3.09. The van der Waals surface area contributed by atoms with Gasteiger partial charge in [0.05, 0.1) is 0 Å². The molecule has 116 valence electrons. The molecular weight excluding hydrogens is 282 g/mol. The minimum atomic E-state index is -1.00. The van der Waals surface area contributed by atoms with Crippen LogP contribution in [0.1, 0.15) is 43.9 Å². The van der Waals surface area contributed by atoms with Gasteiger partial charge < -0.3 is 5.32 Å². The average Bonchev–Trinajstić information content (AvgIpc) is 2.78. The largest absolute Gasteiger partial charge is 0.317 e. The van der Waals surface area contributed by atoms with Gasteiger partial charge in [-0.2, -0.15) is 0 Å². The molecule has 2 atom stereocenters. The Bertz CT molecular complexity index is 514. The molecule has 1 aromatic rings. The molecule has 1 spiro atoms. The summed E-state index contributed by atoms with van der Waals surface area (Å²) in [5.74, 6) is 0. The number of rotatable bonds is 4. The quantitative estimate of drug-likeness (QED) is 0.591. The molecule has 2 unspecified atom stereocenters. The highest BCUT2D eigenvalue weighted by Gasteiger charge is 2.47. The first-order valence-corrected chi connectivity index (χ1v) is 9.20. The predicted molar refractivity (Wildman–Crippen MR) is 90.5 cm³/mol. The van der Waals surface area contributed by atoms with Gasteiger partial charge in [-0.25, -0.2) is 0 Å². The van der Waals surface area contributed by atoms with E-state index in [1.165, 1.54) is 24.0 Å². The van der Waals surface area contributed by atoms with E-state index in [2.05, 4.69) is 52.7 Å². The van der Waals surface area contributed by atoms with Gasteiger partial charge in [0.2, 0.25) is 0 Å². The molecule has 4 nitrogen and oxygen atoms in total. The van der Waals surface area contributed by atoms with E-state index in [9.17, 15) is 4.91 Å². The Hall–Kier alpha value is -0.910. The molecule has 1 aliphatic carbocycles. The van der Waals surface area contributed by atoms with Crippen molar-refractivity contribution in [3.8, 4) is 0 Å². The number of thiol groups is 1. The van der Waals surface area contributed by atoms with Gasteiger partial charge in [-0.05, 0) is 53.5 Å². The Morgan fingerprint density at radius 2 is 2.05 bits per heavy atom. The van der Waals surface area contributed by atoms with Gasteiger partial charge in [0.1, 0.15) is 0 Å². The topological polar surface area (TPSA) is 53.5 Å². The van der Waals surface area contributed by atoms with E-state index in [-0.39, 0.29) is 16.7 Å². The molecular formula is C16H25N3OS. The second kappa shape index (κ2) is 6.07. The first kappa shape index (κ1) is 15.0. The smallest absolute Gasteiger partial charge is 0.0484 e. The van der Waals surface area contributed by atoms with Gasteiger partial charge >= 0.3 is 0 Å². The molecule has 0 saturated carbocycles. The van der Waals surface area contributed by atoms with E-state index in [4.69, 9.17) is 0 Å². The number of hydrogen-bond acceptors (Lipinski definition) is 4. The molecule has 3 rings (SSSR count). The molecule has 1 fully saturated rings. The number of benzene rings is 1. The van der Waals surface area contributed by atoms with Crippen LogP contribution in [0.25, 0.3) is 0 Å². The zero-order valence-electron chi connectivity index (χ0n) is 12.8. The van der Waals surface area contributed by atoms with Crippen molar-refractivity contribution in [2.45, 2.75) is 44.4 Å². The molecule has 0 bridgehead atoms. The van der Waals surface area contributed by atoms with Crippen molar-refractivity contribution >= 4 is 11.3 Å². The van der Waals surface area contributed by atoms with E-state index in [0.717, 1.165) is 19.5 Å². The number of piperidine rings is 1. The maximum Gasteiger partial charge on any atom is 0.0484 e. The van der Waals surface area contributed by atoms with Crippen LogP contribution in [0.2, 0.25) is 0 Å². The summed E-state index contributed by atoms with van der Waals surface area (Å²) in [4.78, 5) is 11.2. The minimum Gasteiger partial charge on any atom is -0.317 e. The first-order chi connectivity index (χ1) is 10.2. The molecule has 21 heavy (non-hydrogen) atoms. The predicted octanol–water partition coefficient (Wildman–Crippen LogP) is 3.25. The average molecular weight is 307 g/mol. The fraction of sp³-hybridized carbons (Fsp3) is 0.625. The van der Waals surface area contributed by atoms with E-state index < -0.39 is 11.3 Å². The molecule has 5 heteroatoms. The molecule has 1 aromatic carbocycles. The third-order valence-electron chi connectivity index (χ3n) is 4.96. The van der Waals surface area contributed by atoms with Crippen molar-refractivity contribution in [1.29, 1.82) is 0 Å². The molecule has 0 amide bonds. The molecule has 0 aromatic heterocycles. The Morgan fingerprint density at radius 3 is 2.71 bits per heavy atom. The number of hydrogen-bond donors (Lipinski definition) is 3. The van der Waals surface area contributed by atoms with E-state index in [1.807, 2.05) is 0 Å². The number of fused-ring (bicyclic) bond motifs is 1. The van der Waals surface area contributed by atoms with Gasteiger partial charge in [0.25, 0.3) is 0 Å². The van der Waals surface area contributed by atoms with Crippen LogP contribution < -0.4 is 10.0 Å². The van der Waals surface area contributed by atoms with Crippen molar-refractivity contribution in [2.24, 2.45) is 10.00 Å². The lowest BCUT2D eigenvalue weighted by Gasteiger charge is -2.41. The highest BCUT2D eigenvalue weighted by atomic mass is 32.2. The maximum atomic E-state index is 11.2. The highest BCUT2D eigenvalue weighted by Crippen LogP contribution is 2.53. The molecule has 2 N–H and O–H groups in total. The monoisotopic (exact) mass is 307 g/mol. The summed E-state index contributed by atoms with van der Waals surface area (Å²) in [5, 5.41) is 3.75. The summed E-state index contributed by atoms with van der Waals surface area (Å²) in [6.07, 6.45) is 3.46. The lowest BCUT2D eigenvalue weighted by molar-refractivity contribution is 0.165. The van der Waals surface area contributed by atoms with Gasteiger partial charge in [-0.15, -0.1) is 4.91 Å². The zero-order chi connectivity index (χ0) is 14.9. The Morgan fingerprint density at radius 1 is 1.33 bits per heavy atom. The van der Waals surface area contributed by atoms with E-state index in [0.29, 0.717) is 0 Å². The zero-order valence-corrected chi connectivity index (χ0v) is 13.7. The van der Waals surface area contributed by atoms with Crippen LogP contribution in [0, 0.1) is 10.3 Å². The normalized spacial score (nSPS) is 25.9. The van der Waals surface area contributed by atoms with Crippen molar-refractivity contribution in [3.05, 3.63) is 40.3 Å². The number of nitrogens with zero attached hydrogens (tertiary/aromatic N) is 1. The van der Waals surface area contributed by atoms with Gasteiger partial charge in [0, 0.05) is 11.3 Å². The number of nitrogens with one attached hydrogen (secondary N) is 2. The Balaban J connectivity index is 1.93. The van der Waals surface area contributed by atoms with Gasteiger partial charge in [0.15, 0.2) is 0 Å². The van der Waals surface area contributed by atoms with Crippen LogP contribution in [0.3, 0.4) is 0 Å². The van der Waals surface area contributed by atoms with Crippen LogP contribution in [0.15, 0.2) is 28.8 Å². The van der Waals surface area contributed by atoms with Crippen LogP contribution >= 0.6 is 11.3 Å². The van der Waals surface area contributed by atoms with Gasteiger partial charge in [-0.1, -0.05) is 49.4 Å². The van der Waals surface area contributed by atoms with Crippen LogP contribution in [-0.4, -0.2) is 18.3 Å². The summed E-state index contributed by atoms with van der Waals surface area (Å²) in [6.45, 7) is 6.30. The Kier molecular flexibility index (Phi) is 4.33. The molecule has 0 radical (unpaired) electrons. The van der Waals surface area contributed by atoms with Gasteiger partial charge in [-0.3, -0.25) is 4.72 Å². The molecule has 2 aliphatic rings. The minimum absolute atomic E-state index is 0.259. The summed E-state index contributed by atoms with van der Waals surface area (Å²) >= 11 is -1.00. The molecule has 1 aliphatic heterocycles. The summed E-state index contributed by atoms with van der Waals surface area (Å²) in [6, 6.07) is 8.98. The SMILES string of the molecule is CC(C)[SH](N=O)NC1c2ccccc2CC12CCNCC2. The first-order valence-electron chi connectivity index (χ1n) is 7.83. The Labute approximate surface area is 129 Å². The van der Waals surface area contributed by atoms with Crippen LogP contribution in [-0.2, 0) is 6.42 Å². The van der Waals surface area contributed by atoms with Crippen LogP contribution in [0.4, 0.5) is 0 Å². The van der Waals surface area contributed by atoms with E-state index in [1.54, 1.807) is 0 Å². The molecule has 1 heterocycles. The van der Waals surface area contributed by atoms with E-state index >= 15 is 0 Å². The standard InChI is InChI=1S/C16H25N3OS/c1-12(2)21(19-20)18-15-14-6-4-3-5-13(14)11-16(15)7-9-17-10-8-16/h3-6,12,15,17-18,21H,7-11H2,1-2H3. The van der Waals surface area contributed by atoms with Crippen molar-refractivity contribution in [2.75, 3.05) is 13.1 Å². The summed E-state index contributed by atoms with van der Waals surface area (Å²) in [7, 11) is 0. The van der Waals surface area contributed by atoms with Crippen molar-refractivity contribution in [1.82, 2.24) is 10.0 Å². The number of nitroso groups, excluding NO2 is 1. The second-order valence-electron chi connectivity index (χ2n) is 6.57. The van der Waals surface area contributed by atoms with Crippen molar-refractivity contribution in [3.63, 3.8) is 0 Å². The third kappa shape index (κ3) is 2.74. The second-order valence-corrected chi connectivity index (χ2v) is 8.71. The van der Waals surface area contributed by atoms with Crippen LogP contribution in [0.5, 0.6) is 0 Å². The van der Waals surface area contributed by atoms with Crippen molar-refractivity contribution < 1.29 is 0 Å². The third-order valence-corrected chi connectivity index (χ3v) is 6.64. The summed E-state index contributed by atoms with van der Waals surface area (Å²) < 4.78 is 7.03. The lowest BCUT2D eigenvalue weighted by Crippen LogP contribution is -2.43. The highest BCUT2D eigenvalue weighted by molar-refractivity contribution is 8.14.